The standard InChI is InChI=1S/C10H11ClN2O5S/c1-5(14)19-4-8(15)9(16)6-2-7(13(17)18)10(11)12-3-6/h2-3,8-9,15-16H,4H2,1H3. The van der Waals surface area contributed by atoms with Gasteiger partial charge in [0.2, 0.25) is 5.15 Å². The number of hydrogen-bond donors (Lipinski definition) is 2. The van der Waals surface area contributed by atoms with Crippen LogP contribution in [0.1, 0.15) is 18.6 Å². The number of aliphatic hydroxyl groups is 2. The molecule has 9 heteroatoms. The van der Waals surface area contributed by atoms with Gasteiger partial charge in [0.05, 0.1) is 11.0 Å². The zero-order valence-electron chi connectivity index (χ0n) is 9.82. The van der Waals surface area contributed by atoms with E-state index >= 15 is 0 Å². The molecule has 2 N–H and O–H groups in total. The van der Waals surface area contributed by atoms with Crippen LogP contribution in [0.25, 0.3) is 0 Å². The first-order valence-corrected chi connectivity index (χ1v) is 6.48. The molecule has 7 nitrogen and oxygen atoms in total. The van der Waals surface area contributed by atoms with E-state index in [0.717, 1.165) is 24.0 Å². The Balaban J connectivity index is 2.87. The molecule has 0 aliphatic rings. The molecule has 0 fully saturated rings. The van der Waals surface area contributed by atoms with Crippen molar-refractivity contribution >= 4 is 34.2 Å². The van der Waals surface area contributed by atoms with Crippen molar-refractivity contribution in [2.45, 2.75) is 19.1 Å². The van der Waals surface area contributed by atoms with Crippen molar-refractivity contribution < 1.29 is 19.9 Å². The van der Waals surface area contributed by atoms with Crippen LogP contribution in [0.5, 0.6) is 0 Å². The van der Waals surface area contributed by atoms with Gasteiger partial charge in [-0.25, -0.2) is 4.98 Å². The SMILES string of the molecule is CC(=O)SCC(O)C(O)c1cnc(Cl)c([N+](=O)[O-])c1. The summed E-state index contributed by atoms with van der Waals surface area (Å²) >= 11 is 6.38. The number of nitro groups is 1. The number of pyridine rings is 1. The highest BCUT2D eigenvalue weighted by molar-refractivity contribution is 8.13. The van der Waals surface area contributed by atoms with E-state index in [9.17, 15) is 25.1 Å². The second-order valence-electron chi connectivity index (χ2n) is 3.65. The van der Waals surface area contributed by atoms with E-state index < -0.39 is 22.8 Å². The van der Waals surface area contributed by atoms with E-state index in [0.29, 0.717) is 0 Å². The number of nitrogens with zero attached hydrogens (tertiary/aromatic N) is 2. The highest BCUT2D eigenvalue weighted by atomic mass is 35.5. The summed E-state index contributed by atoms with van der Waals surface area (Å²) in [5, 5.41) is 29.7. The normalized spacial score (nSPS) is 13.9. The molecule has 0 aliphatic carbocycles. The van der Waals surface area contributed by atoms with Crippen molar-refractivity contribution in [3.8, 4) is 0 Å². The van der Waals surface area contributed by atoms with Gasteiger partial charge in [0.1, 0.15) is 6.10 Å². The predicted octanol–water partition coefficient (Wildman–Crippen LogP) is 1.32. The molecule has 0 radical (unpaired) electrons. The zero-order valence-corrected chi connectivity index (χ0v) is 11.4. The number of carbonyl (C=O) groups is 1. The van der Waals surface area contributed by atoms with Crippen molar-refractivity contribution in [1.82, 2.24) is 4.98 Å². The lowest BCUT2D eigenvalue weighted by molar-refractivity contribution is -0.385. The van der Waals surface area contributed by atoms with Crippen LogP contribution in [0.4, 0.5) is 5.69 Å². The minimum Gasteiger partial charge on any atom is -0.389 e. The lowest BCUT2D eigenvalue weighted by Gasteiger charge is -2.16. The lowest BCUT2D eigenvalue weighted by atomic mass is 10.1. The van der Waals surface area contributed by atoms with Crippen LogP contribution in [0.2, 0.25) is 5.15 Å². The van der Waals surface area contributed by atoms with Crippen molar-refractivity contribution in [2.24, 2.45) is 0 Å². The maximum absolute atomic E-state index is 10.7. The third-order valence-corrected chi connectivity index (χ3v) is 3.41. The highest BCUT2D eigenvalue weighted by Gasteiger charge is 2.23. The van der Waals surface area contributed by atoms with Crippen molar-refractivity contribution in [2.75, 3.05) is 5.75 Å². The maximum Gasteiger partial charge on any atom is 0.306 e. The number of hydrogen-bond acceptors (Lipinski definition) is 7. The molecule has 1 aromatic rings. The van der Waals surface area contributed by atoms with E-state index in [2.05, 4.69) is 4.98 Å². The fourth-order valence-corrected chi connectivity index (χ4v) is 2.02. The van der Waals surface area contributed by atoms with E-state index in [1.807, 2.05) is 0 Å². The van der Waals surface area contributed by atoms with Crippen molar-refractivity contribution in [1.29, 1.82) is 0 Å². The molecule has 2 unspecified atom stereocenters. The second-order valence-corrected chi connectivity index (χ2v) is 5.21. The summed E-state index contributed by atoms with van der Waals surface area (Å²) in [6, 6.07) is 1.04. The number of halogens is 1. The molecule has 0 saturated carbocycles. The molecule has 0 aliphatic heterocycles. The average molecular weight is 307 g/mol. The van der Waals surface area contributed by atoms with Crippen LogP contribution < -0.4 is 0 Å². The van der Waals surface area contributed by atoms with Gasteiger partial charge < -0.3 is 10.2 Å². The molecule has 104 valence electrons. The first-order valence-electron chi connectivity index (χ1n) is 5.12. The molecular weight excluding hydrogens is 296 g/mol. The summed E-state index contributed by atoms with van der Waals surface area (Å²) in [6.45, 7) is 1.33. The number of rotatable bonds is 5. The van der Waals surface area contributed by atoms with Gasteiger partial charge in [-0.15, -0.1) is 0 Å². The summed E-state index contributed by atoms with van der Waals surface area (Å²) in [6.07, 6.45) is -1.48. The molecule has 19 heavy (non-hydrogen) atoms. The molecule has 1 aromatic heterocycles. The fraction of sp³-hybridized carbons (Fsp3) is 0.400. The first-order chi connectivity index (χ1) is 8.82. The van der Waals surface area contributed by atoms with Crippen molar-refractivity contribution in [3.63, 3.8) is 0 Å². The summed E-state index contributed by atoms with van der Waals surface area (Å²) in [5.41, 5.74) is -0.391. The van der Waals surface area contributed by atoms with Gasteiger partial charge in [0.25, 0.3) is 0 Å². The monoisotopic (exact) mass is 306 g/mol. The predicted molar refractivity (Wildman–Crippen MR) is 70.0 cm³/mol. The molecule has 0 amide bonds. The topological polar surface area (TPSA) is 114 Å². The van der Waals surface area contributed by atoms with Crippen LogP contribution in [-0.2, 0) is 4.79 Å². The molecule has 0 spiro atoms. The third kappa shape index (κ3) is 4.43. The fourth-order valence-electron chi connectivity index (χ4n) is 1.26. The van der Waals surface area contributed by atoms with Gasteiger partial charge >= 0.3 is 5.69 Å². The van der Waals surface area contributed by atoms with Gasteiger partial charge in [0.15, 0.2) is 5.12 Å². The Kier molecular flexibility index (Phi) is 5.67. The van der Waals surface area contributed by atoms with Gasteiger partial charge in [-0.1, -0.05) is 23.4 Å². The van der Waals surface area contributed by atoms with E-state index in [-0.39, 0.29) is 21.6 Å². The number of carbonyl (C=O) groups excluding carboxylic acids is 1. The Labute approximate surface area is 117 Å². The quantitative estimate of drug-likeness (QED) is 0.479. The van der Waals surface area contributed by atoms with E-state index in [1.165, 1.54) is 6.92 Å². The second kappa shape index (κ2) is 6.80. The lowest BCUT2D eigenvalue weighted by Crippen LogP contribution is -2.21. The molecule has 1 rings (SSSR count). The molecule has 0 bridgehead atoms. The molecule has 2 atom stereocenters. The first kappa shape index (κ1) is 15.8. The Hall–Kier alpha value is -1.22. The summed E-state index contributed by atoms with van der Waals surface area (Å²) in [7, 11) is 0. The number of thioether (sulfide) groups is 1. The van der Waals surface area contributed by atoms with Crippen LogP contribution >= 0.6 is 23.4 Å². The Morgan fingerprint density at radius 3 is 2.79 bits per heavy atom. The van der Waals surface area contributed by atoms with E-state index in [1.54, 1.807) is 0 Å². The van der Waals surface area contributed by atoms with Crippen molar-refractivity contribution in [3.05, 3.63) is 33.1 Å². The summed E-state index contributed by atoms with van der Waals surface area (Å²) < 4.78 is 0. The van der Waals surface area contributed by atoms with Crippen LogP contribution in [0.3, 0.4) is 0 Å². The molecule has 0 saturated heterocycles. The third-order valence-electron chi connectivity index (χ3n) is 2.20. The van der Waals surface area contributed by atoms with Gasteiger partial charge in [-0.3, -0.25) is 14.9 Å². The minimum atomic E-state index is -1.38. The smallest absolute Gasteiger partial charge is 0.306 e. The van der Waals surface area contributed by atoms with Crippen LogP contribution in [0, 0.1) is 10.1 Å². The Morgan fingerprint density at radius 2 is 2.26 bits per heavy atom. The maximum atomic E-state index is 10.7. The zero-order chi connectivity index (χ0) is 14.6. The molecule has 0 aromatic carbocycles. The Bertz CT molecular complexity index is 499. The average Bonchev–Trinajstić information content (AvgIpc) is 2.35. The van der Waals surface area contributed by atoms with Gasteiger partial charge in [-0.05, 0) is 0 Å². The Morgan fingerprint density at radius 1 is 1.63 bits per heavy atom. The van der Waals surface area contributed by atoms with Crippen LogP contribution in [0.15, 0.2) is 12.3 Å². The molecule has 1 heterocycles. The highest BCUT2D eigenvalue weighted by Crippen LogP contribution is 2.27. The minimum absolute atomic E-state index is 0.0209. The summed E-state index contributed by atoms with van der Waals surface area (Å²) in [5.74, 6) is -0.0209. The number of aromatic nitrogens is 1. The largest absolute Gasteiger partial charge is 0.389 e. The van der Waals surface area contributed by atoms with E-state index in [4.69, 9.17) is 11.6 Å². The van der Waals surface area contributed by atoms with Gasteiger partial charge in [0, 0.05) is 30.5 Å². The number of aliphatic hydroxyl groups excluding tert-OH is 2. The van der Waals surface area contributed by atoms with Crippen LogP contribution in [-0.4, -0.2) is 37.1 Å². The summed E-state index contributed by atoms with van der Waals surface area (Å²) in [4.78, 5) is 24.3. The molecular formula is C10H11ClN2O5S. The van der Waals surface area contributed by atoms with Gasteiger partial charge in [-0.2, -0.15) is 0 Å².